The summed E-state index contributed by atoms with van der Waals surface area (Å²) in [5.41, 5.74) is 0.246. The van der Waals surface area contributed by atoms with E-state index in [0.717, 1.165) is 18.9 Å². The molecule has 0 radical (unpaired) electrons. The maximum atomic E-state index is 13.2. The van der Waals surface area contributed by atoms with E-state index in [2.05, 4.69) is 19.2 Å². The van der Waals surface area contributed by atoms with Crippen molar-refractivity contribution >= 4 is 29.1 Å². The van der Waals surface area contributed by atoms with Gasteiger partial charge in [0.05, 0.1) is 10.4 Å². The van der Waals surface area contributed by atoms with Crippen molar-refractivity contribution < 1.29 is 9.18 Å². The van der Waals surface area contributed by atoms with E-state index in [1.54, 1.807) is 0 Å². The second-order valence-electron chi connectivity index (χ2n) is 4.43. The molecule has 19 heavy (non-hydrogen) atoms. The zero-order valence-electron chi connectivity index (χ0n) is 11.1. The molecule has 0 saturated heterocycles. The highest BCUT2D eigenvalue weighted by molar-refractivity contribution is 6.30. The lowest BCUT2D eigenvalue weighted by molar-refractivity contribution is 0.0951. The zero-order valence-corrected chi connectivity index (χ0v) is 12.6. The Balaban J connectivity index is 2.58. The Kier molecular flexibility index (Phi) is 6.59. The first-order valence-electron chi connectivity index (χ1n) is 6.36. The molecule has 0 fully saturated rings. The SMILES string of the molecule is CCC(CC)C(Cl)CNC(=O)c1ccc(Cl)c(F)c1. The van der Waals surface area contributed by atoms with Crippen molar-refractivity contribution in [3.63, 3.8) is 0 Å². The van der Waals surface area contributed by atoms with E-state index >= 15 is 0 Å². The fourth-order valence-corrected chi connectivity index (χ4v) is 2.45. The summed E-state index contributed by atoms with van der Waals surface area (Å²) >= 11 is 11.8. The Bertz CT molecular complexity index is 435. The quantitative estimate of drug-likeness (QED) is 0.782. The second-order valence-corrected chi connectivity index (χ2v) is 5.40. The van der Waals surface area contributed by atoms with Crippen LogP contribution in [0.2, 0.25) is 5.02 Å². The van der Waals surface area contributed by atoms with Gasteiger partial charge in [0.2, 0.25) is 0 Å². The van der Waals surface area contributed by atoms with E-state index in [-0.39, 0.29) is 21.9 Å². The van der Waals surface area contributed by atoms with Gasteiger partial charge in [-0.05, 0) is 24.1 Å². The van der Waals surface area contributed by atoms with Crippen LogP contribution in [0.15, 0.2) is 18.2 Å². The van der Waals surface area contributed by atoms with Crippen LogP contribution in [0.5, 0.6) is 0 Å². The normalized spacial score (nSPS) is 12.5. The Morgan fingerprint density at radius 3 is 2.53 bits per heavy atom. The number of carbonyl (C=O) groups excluding carboxylic acids is 1. The highest BCUT2D eigenvalue weighted by Gasteiger charge is 2.17. The maximum absolute atomic E-state index is 13.2. The van der Waals surface area contributed by atoms with Crippen LogP contribution in [-0.2, 0) is 0 Å². The molecule has 1 unspecified atom stereocenters. The van der Waals surface area contributed by atoms with E-state index in [4.69, 9.17) is 23.2 Å². The number of alkyl halides is 1. The molecule has 0 heterocycles. The molecule has 106 valence electrons. The molecule has 0 aliphatic heterocycles. The number of halogens is 3. The van der Waals surface area contributed by atoms with Crippen molar-refractivity contribution in [2.24, 2.45) is 5.92 Å². The molecule has 1 N–H and O–H groups in total. The summed E-state index contributed by atoms with van der Waals surface area (Å²) in [5, 5.41) is 2.60. The van der Waals surface area contributed by atoms with Crippen molar-refractivity contribution in [1.29, 1.82) is 0 Å². The molecule has 5 heteroatoms. The van der Waals surface area contributed by atoms with E-state index in [1.807, 2.05) is 0 Å². The average molecular weight is 306 g/mol. The van der Waals surface area contributed by atoms with Crippen LogP contribution < -0.4 is 5.32 Å². The van der Waals surface area contributed by atoms with Crippen LogP contribution in [-0.4, -0.2) is 17.8 Å². The van der Waals surface area contributed by atoms with Crippen molar-refractivity contribution in [3.05, 3.63) is 34.6 Å². The fraction of sp³-hybridized carbons (Fsp3) is 0.500. The van der Waals surface area contributed by atoms with Gasteiger partial charge in [-0.3, -0.25) is 4.79 Å². The molecule has 1 atom stereocenters. The molecule has 1 amide bonds. The van der Waals surface area contributed by atoms with Gasteiger partial charge in [-0.2, -0.15) is 0 Å². The molecular formula is C14H18Cl2FNO. The lowest BCUT2D eigenvalue weighted by Crippen LogP contribution is -2.33. The minimum Gasteiger partial charge on any atom is -0.351 e. The molecule has 0 spiro atoms. The smallest absolute Gasteiger partial charge is 0.251 e. The predicted molar refractivity (Wildman–Crippen MR) is 77.5 cm³/mol. The number of hydrogen-bond acceptors (Lipinski definition) is 1. The monoisotopic (exact) mass is 305 g/mol. The van der Waals surface area contributed by atoms with Crippen LogP contribution in [0.25, 0.3) is 0 Å². The van der Waals surface area contributed by atoms with E-state index < -0.39 is 5.82 Å². The van der Waals surface area contributed by atoms with Crippen molar-refractivity contribution in [3.8, 4) is 0 Å². The number of carbonyl (C=O) groups is 1. The molecule has 1 aromatic carbocycles. The van der Waals surface area contributed by atoms with Crippen molar-refractivity contribution in [2.75, 3.05) is 6.54 Å². The fourth-order valence-electron chi connectivity index (χ4n) is 1.90. The van der Waals surface area contributed by atoms with Crippen LogP contribution in [0.3, 0.4) is 0 Å². The van der Waals surface area contributed by atoms with Crippen molar-refractivity contribution in [2.45, 2.75) is 32.1 Å². The number of amides is 1. The van der Waals surface area contributed by atoms with E-state index in [0.29, 0.717) is 12.5 Å². The van der Waals surface area contributed by atoms with Gasteiger partial charge in [-0.1, -0.05) is 38.3 Å². The molecule has 2 nitrogen and oxygen atoms in total. The van der Waals surface area contributed by atoms with Crippen LogP contribution in [0.1, 0.15) is 37.0 Å². The lowest BCUT2D eigenvalue weighted by atomic mass is 9.99. The molecule has 1 aromatic rings. The average Bonchev–Trinajstić information content (AvgIpc) is 2.40. The Morgan fingerprint density at radius 1 is 1.37 bits per heavy atom. The minimum atomic E-state index is -0.600. The lowest BCUT2D eigenvalue weighted by Gasteiger charge is -2.19. The molecule has 1 rings (SSSR count). The number of rotatable bonds is 6. The van der Waals surface area contributed by atoms with Gasteiger partial charge in [-0.25, -0.2) is 4.39 Å². The van der Waals surface area contributed by atoms with Gasteiger partial charge in [0.25, 0.3) is 5.91 Å². The predicted octanol–water partition coefficient (Wildman–Crippen LogP) is 4.25. The van der Waals surface area contributed by atoms with Gasteiger partial charge in [0, 0.05) is 12.1 Å². The third-order valence-electron chi connectivity index (χ3n) is 3.20. The first-order chi connectivity index (χ1) is 8.99. The minimum absolute atomic E-state index is 0.00352. The van der Waals surface area contributed by atoms with E-state index in [9.17, 15) is 9.18 Å². The first-order valence-corrected chi connectivity index (χ1v) is 7.18. The van der Waals surface area contributed by atoms with Crippen LogP contribution in [0.4, 0.5) is 4.39 Å². The highest BCUT2D eigenvalue weighted by atomic mass is 35.5. The zero-order chi connectivity index (χ0) is 14.4. The summed E-state index contributed by atoms with van der Waals surface area (Å²) in [6, 6.07) is 3.98. The summed E-state index contributed by atoms with van der Waals surface area (Å²) in [4.78, 5) is 11.8. The molecule has 0 bridgehead atoms. The van der Waals surface area contributed by atoms with Gasteiger partial charge >= 0.3 is 0 Å². The second kappa shape index (κ2) is 7.71. The Hall–Kier alpha value is -0.800. The third-order valence-corrected chi connectivity index (χ3v) is 4.02. The van der Waals surface area contributed by atoms with Gasteiger partial charge < -0.3 is 5.32 Å². The van der Waals surface area contributed by atoms with Gasteiger partial charge in [0.1, 0.15) is 5.82 Å². The van der Waals surface area contributed by atoms with Gasteiger partial charge in [0.15, 0.2) is 0 Å². The Labute approximate surface area is 123 Å². The largest absolute Gasteiger partial charge is 0.351 e. The number of hydrogen-bond donors (Lipinski definition) is 1. The van der Waals surface area contributed by atoms with Gasteiger partial charge in [-0.15, -0.1) is 11.6 Å². The first kappa shape index (κ1) is 16.3. The summed E-state index contributed by atoms with van der Waals surface area (Å²) in [6.45, 7) is 4.51. The van der Waals surface area contributed by atoms with Crippen LogP contribution >= 0.6 is 23.2 Å². The summed E-state index contributed by atoms with van der Waals surface area (Å²) < 4.78 is 13.2. The molecule has 0 aliphatic rings. The summed E-state index contributed by atoms with van der Waals surface area (Å²) in [7, 11) is 0. The third kappa shape index (κ3) is 4.66. The summed E-state index contributed by atoms with van der Waals surface area (Å²) in [5.74, 6) is -0.576. The Morgan fingerprint density at radius 2 is 2.00 bits per heavy atom. The molecular weight excluding hydrogens is 288 g/mol. The van der Waals surface area contributed by atoms with E-state index in [1.165, 1.54) is 12.1 Å². The van der Waals surface area contributed by atoms with Crippen LogP contribution in [0, 0.1) is 11.7 Å². The summed E-state index contributed by atoms with van der Waals surface area (Å²) in [6.07, 6.45) is 1.94. The van der Waals surface area contributed by atoms with Crippen molar-refractivity contribution in [1.82, 2.24) is 5.32 Å². The number of nitrogens with one attached hydrogen (secondary N) is 1. The molecule has 0 saturated carbocycles. The molecule has 0 aliphatic carbocycles. The maximum Gasteiger partial charge on any atom is 0.251 e. The highest BCUT2D eigenvalue weighted by Crippen LogP contribution is 2.18. The number of benzene rings is 1. The molecule has 0 aromatic heterocycles. The topological polar surface area (TPSA) is 29.1 Å². The standard InChI is InChI=1S/C14H18Cl2FNO/c1-3-9(4-2)12(16)8-18-14(19)10-5-6-11(15)13(17)7-10/h5-7,9,12H,3-4,8H2,1-2H3,(H,18,19).